The second-order valence-electron chi connectivity index (χ2n) is 5.35. The lowest BCUT2D eigenvalue weighted by molar-refractivity contribution is 0.964. The molecule has 0 bridgehead atoms. The summed E-state index contributed by atoms with van der Waals surface area (Å²) >= 11 is 0. The monoisotopic (exact) mass is 292 g/mol. The van der Waals surface area contributed by atoms with Crippen molar-refractivity contribution in [1.82, 2.24) is 20.2 Å². The summed E-state index contributed by atoms with van der Waals surface area (Å²) in [6.07, 6.45) is 4.53. The zero-order valence-electron chi connectivity index (χ0n) is 12.2. The number of para-hydroxylation sites is 1. The van der Waals surface area contributed by atoms with E-state index in [-0.39, 0.29) is 0 Å². The lowest BCUT2D eigenvalue weighted by Gasteiger charge is -2.18. The minimum absolute atomic E-state index is 0.688. The number of aromatic amines is 1. The predicted octanol–water partition coefficient (Wildman–Crippen LogP) is 2.95. The quantitative estimate of drug-likeness (QED) is 0.776. The van der Waals surface area contributed by atoms with Gasteiger partial charge in [-0.2, -0.15) is 5.10 Å². The van der Waals surface area contributed by atoms with Gasteiger partial charge in [-0.15, -0.1) is 0 Å². The Kier molecular flexibility index (Phi) is 3.00. The predicted molar refractivity (Wildman–Crippen MR) is 85.8 cm³/mol. The number of aryl methyl sites for hydroxylation is 1. The number of nitrogens with one attached hydrogen (secondary N) is 2. The number of nitrogens with zero attached hydrogens (tertiary/aromatic N) is 4. The van der Waals surface area contributed by atoms with E-state index in [0.717, 1.165) is 30.3 Å². The fraction of sp³-hybridized carbons (Fsp3) is 0.188. The number of anilines is 4. The van der Waals surface area contributed by atoms with Crippen molar-refractivity contribution in [3.8, 4) is 0 Å². The molecule has 1 aliphatic heterocycles. The molecule has 110 valence electrons. The molecule has 0 saturated heterocycles. The summed E-state index contributed by atoms with van der Waals surface area (Å²) in [6, 6.07) is 10.4. The van der Waals surface area contributed by atoms with Crippen LogP contribution in [0.1, 0.15) is 11.3 Å². The van der Waals surface area contributed by atoms with E-state index in [0.29, 0.717) is 5.82 Å². The standard InChI is InChI=1S/C16H16N6/c1-11-8-14(21-20-11)18-15-9-17-10-16(19-15)22-7-6-12-4-2-3-5-13(12)22/h2-5,8-10H,6-7H2,1H3,(H2,18,19,20,21). The Labute approximate surface area is 128 Å². The van der Waals surface area contributed by atoms with Crippen molar-refractivity contribution in [2.75, 3.05) is 16.8 Å². The molecule has 2 N–H and O–H groups in total. The van der Waals surface area contributed by atoms with Crippen molar-refractivity contribution in [2.24, 2.45) is 0 Å². The van der Waals surface area contributed by atoms with Gasteiger partial charge in [0.2, 0.25) is 0 Å². The van der Waals surface area contributed by atoms with E-state index in [1.54, 1.807) is 12.4 Å². The van der Waals surface area contributed by atoms with Crippen molar-refractivity contribution in [3.63, 3.8) is 0 Å². The lowest BCUT2D eigenvalue weighted by atomic mass is 10.2. The average molecular weight is 292 g/mol. The van der Waals surface area contributed by atoms with E-state index >= 15 is 0 Å². The highest BCUT2D eigenvalue weighted by molar-refractivity contribution is 5.68. The molecular weight excluding hydrogens is 276 g/mol. The van der Waals surface area contributed by atoms with Gasteiger partial charge in [0.15, 0.2) is 17.5 Å². The highest BCUT2D eigenvalue weighted by Crippen LogP contribution is 2.33. The number of hydrogen-bond donors (Lipinski definition) is 2. The molecule has 4 rings (SSSR count). The van der Waals surface area contributed by atoms with Crippen LogP contribution in [0, 0.1) is 6.92 Å². The van der Waals surface area contributed by atoms with Gasteiger partial charge in [-0.1, -0.05) is 18.2 Å². The van der Waals surface area contributed by atoms with Crippen LogP contribution in [0.2, 0.25) is 0 Å². The number of H-pyrrole nitrogens is 1. The Balaban J connectivity index is 1.63. The minimum atomic E-state index is 0.688. The van der Waals surface area contributed by atoms with Gasteiger partial charge < -0.3 is 10.2 Å². The summed E-state index contributed by atoms with van der Waals surface area (Å²) < 4.78 is 0. The minimum Gasteiger partial charge on any atom is -0.324 e. The summed E-state index contributed by atoms with van der Waals surface area (Å²) in [5.41, 5.74) is 3.57. The molecule has 0 spiro atoms. The van der Waals surface area contributed by atoms with E-state index in [1.807, 2.05) is 13.0 Å². The topological polar surface area (TPSA) is 69.7 Å². The van der Waals surface area contributed by atoms with Crippen LogP contribution < -0.4 is 10.2 Å². The second kappa shape index (κ2) is 5.14. The van der Waals surface area contributed by atoms with Crippen LogP contribution >= 0.6 is 0 Å². The second-order valence-corrected chi connectivity index (χ2v) is 5.35. The molecule has 22 heavy (non-hydrogen) atoms. The Hall–Kier alpha value is -2.89. The molecule has 3 aromatic rings. The summed E-state index contributed by atoms with van der Waals surface area (Å²) in [5, 5.41) is 10.2. The first-order chi connectivity index (χ1) is 10.8. The highest BCUT2D eigenvalue weighted by Gasteiger charge is 2.21. The van der Waals surface area contributed by atoms with Gasteiger partial charge in [0.1, 0.15) is 0 Å². The van der Waals surface area contributed by atoms with Crippen LogP contribution in [0.4, 0.5) is 23.1 Å². The van der Waals surface area contributed by atoms with Gasteiger partial charge >= 0.3 is 0 Å². The number of aromatic nitrogens is 4. The summed E-state index contributed by atoms with van der Waals surface area (Å²) in [5.74, 6) is 2.28. The number of fused-ring (bicyclic) bond motifs is 1. The molecule has 6 heteroatoms. The van der Waals surface area contributed by atoms with Gasteiger partial charge in [-0.25, -0.2) is 4.98 Å². The zero-order valence-corrected chi connectivity index (χ0v) is 12.2. The third-order valence-electron chi connectivity index (χ3n) is 3.75. The third kappa shape index (κ3) is 2.28. The van der Waals surface area contributed by atoms with Crippen LogP contribution in [-0.2, 0) is 6.42 Å². The van der Waals surface area contributed by atoms with E-state index in [2.05, 4.69) is 54.6 Å². The lowest BCUT2D eigenvalue weighted by Crippen LogP contribution is -2.15. The summed E-state index contributed by atoms with van der Waals surface area (Å²) in [7, 11) is 0. The molecule has 1 aromatic carbocycles. The van der Waals surface area contributed by atoms with Gasteiger partial charge in [0, 0.05) is 24.0 Å². The van der Waals surface area contributed by atoms with Crippen molar-refractivity contribution in [2.45, 2.75) is 13.3 Å². The maximum Gasteiger partial charge on any atom is 0.154 e. The van der Waals surface area contributed by atoms with Crippen molar-refractivity contribution in [3.05, 3.63) is 54.0 Å². The van der Waals surface area contributed by atoms with Crippen LogP contribution in [0.3, 0.4) is 0 Å². The molecule has 0 atom stereocenters. The third-order valence-corrected chi connectivity index (χ3v) is 3.75. The molecule has 0 unspecified atom stereocenters. The molecule has 0 amide bonds. The molecule has 0 aliphatic carbocycles. The van der Waals surface area contributed by atoms with Crippen molar-refractivity contribution >= 4 is 23.1 Å². The van der Waals surface area contributed by atoms with Crippen molar-refractivity contribution < 1.29 is 0 Å². The Morgan fingerprint density at radius 2 is 2.09 bits per heavy atom. The molecule has 0 fully saturated rings. The zero-order chi connectivity index (χ0) is 14.9. The van der Waals surface area contributed by atoms with Crippen LogP contribution in [0.15, 0.2) is 42.7 Å². The van der Waals surface area contributed by atoms with Gasteiger partial charge in [-0.05, 0) is 25.0 Å². The Morgan fingerprint density at radius 1 is 1.18 bits per heavy atom. The number of rotatable bonds is 3. The fourth-order valence-electron chi connectivity index (χ4n) is 2.74. The number of benzene rings is 1. The first-order valence-electron chi connectivity index (χ1n) is 7.26. The summed E-state index contributed by atoms with van der Waals surface area (Å²) in [4.78, 5) is 11.2. The largest absolute Gasteiger partial charge is 0.324 e. The first-order valence-corrected chi connectivity index (χ1v) is 7.26. The normalized spacial score (nSPS) is 13.2. The molecule has 3 heterocycles. The van der Waals surface area contributed by atoms with E-state index in [4.69, 9.17) is 0 Å². The van der Waals surface area contributed by atoms with E-state index in [9.17, 15) is 0 Å². The highest BCUT2D eigenvalue weighted by atomic mass is 15.2. The summed E-state index contributed by atoms with van der Waals surface area (Å²) in [6.45, 7) is 2.89. The molecule has 0 saturated carbocycles. The maximum atomic E-state index is 4.66. The molecule has 1 aliphatic rings. The first kappa shape index (κ1) is 12.8. The Bertz CT molecular complexity index is 810. The molecule has 6 nitrogen and oxygen atoms in total. The maximum absolute atomic E-state index is 4.66. The number of hydrogen-bond acceptors (Lipinski definition) is 5. The average Bonchev–Trinajstić information content (AvgIpc) is 3.14. The van der Waals surface area contributed by atoms with Crippen LogP contribution in [0.25, 0.3) is 0 Å². The van der Waals surface area contributed by atoms with Gasteiger partial charge in [-0.3, -0.25) is 10.1 Å². The smallest absolute Gasteiger partial charge is 0.154 e. The van der Waals surface area contributed by atoms with Crippen LogP contribution in [-0.4, -0.2) is 26.7 Å². The molecular formula is C16H16N6. The van der Waals surface area contributed by atoms with Gasteiger partial charge in [0.05, 0.1) is 12.4 Å². The fourth-order valence-corrected chi connectivity index (χ4v) is 2.74. The van der Waals surface area contributed by atoms with Crippen LogP contribution in [0.5, 0.6) is 0 Å². The Morgan fingerprint density at radius 3 is 2.95 bits per heavy atom. The van der Waals surface area contributed by atoms with Gasteiger partial charge in [0.25, 0.3) is 0 Å². The van der Waals surface area contributed by atoms with Crippen molar-refractivity contribution in [1.29, 1.82) is 0 Å². The SMILES string of the molecule is Cc1cc(Nc2cncc(N3CCc4ccccc43)n2)n[nH]1. The molecule has 0 radical (unpaired) electrons. The van der Waals surface area contributed by atoms with E-state index in [1.165, 1.54) is 11.3 Å². The molecule has 2 aromatic heterocycles. The van der Waals surface area contributed by atoms with E-state index < -0.39 is 0 Å².